The third-order valence-electron chi connectivity index (χ3n) is 4.24. The summed E-state index contributed by atoms with van der Waals surface area (Å²) in [4.78, 5) is 0. The molecule has 0 bridgehead atoms. The van der Waals surface area contributed by atoms with Gasteiger partial charge in [-0.05, 0) is 28.8 Å². The highest BCUT2D eigenvalue weighted by molar-refractivity contribution is 7.65. The van der Waals surface area contributed by atoms with Crippen molar-refractivity contribution < 1.29 is 18.3 Å². The molecule has 4 nitrogen and oxygen atoms in total. The molecular formula is C23H23O4P. The minimum absolute atomic E-state index is 0.169. The molecule has 0 aliphatic rings. The first kappa shape index (κ1) is 20.1. The fraction of sp³-hybridized carbons (Fsp3) is 0.130. The van der Waals surface area contributed by atoms with E-state index in [0.717, 1.165) is 11.1 Å². The molecule has 0 fully saturated rings. The Hall–Kier alpha value is -2.65. The SMILES string of the molecule is C=C(c1ccc(OC)cc1)P(=O)(OCc1ccccc1)OCc1ccccc1. The summed E-state index contributed by atoms with van der Waals surface area (Å²) in [6, 6.07) is 26.3. The maximum absolute atomic E-state index is 13.6. The lowest BCUT2D eigenvalue weighted by Gasteiger charge is -2.21. The monoisotopic (exact) mass is 394 g/mol. The van der Waals surface area contributed by atoms with Crippen LogP contribution in [0.4, 0.5) is 0 Å². The van der Waals surface area contributed by atoms with Gasteiger partial charge in [0.1, 0.15) is 5.75 Å². The fourth-order valence-electron chi connectivity index (χ4n) is 2.60. The van der Waals surface area contributed by atoms with Crippen LogP contribution in [-0.2, 0) is 26.8 Å². The molecule has 0 spiro atoms. The summed E-state index contributed by atoms with van der Waals surface area (Å²) in [5.74, 6) is 0.710. The molecule has 0 radical (unpaired) electrons. The van der Waals surface area contributed by atoms with Crippen molar-refractivity contribution in [3.8, 4) is 5.75 Å². The smallest absolute Gasteiger partial charge is 0.361 e. The van der Waals surface area contributed by atoms with Crippen molar-refractivity contribution in [2.75, 3.05) is 7.11 Å². The second-order valence-electron chi connectivity index (χ2n) is 6.19. The largest absolute Gasteiger partial charge is 0.497 e. The zero-order valence-corrected chi connectivity index (χ0v) is 16.7. The van der Waals surface area contributed by atoms with Gasteiger partial charge in [-0.2, -0.15) is 0 Å². The first-order valence-electron chi connectivity index (χ1n) is 8.91. The number of rotatable bonds is 9. The first-order valence-corrected chi connectivity index (χ1v) is 10.5. The lowest BCUT2D eigenvalue weighted by molar-refractivity contribution is 0.201. The van der Waals surface area contributed by atoms with E-state index in [1.54, 1.807) is 31.4 Å². The zero-order chi connectivity index (χ0) is 19.8. The van der Waals surface area contributed by atoms with E-state index in [9.17, 15) is 4.57 Å². The third-order valence-corrected chi connectivity index (χ3v) is 6.10. The molecule has 0 aliphatic carbocycles. The third kappa shape index (κ3) is 5.20. The number of hydrogen-bond acceptors (Lipinski definition) is 4. The van der Waals surface area contributed by atoms with E-state index < -0.39 is 7.60 Å². The van der Waals surface area contributed by atoms with Gasteiger partial charge in [0, 0.05) is 0 Å². The Kier molecular flexibility index (Phi) is 6.83. The van der Waals surface area contributed by atoms with Gasteiger partial charge >= 0.3 is 7.60 Å². The van der Waals surface area contributed by atoms with Gasteiger partial charge in [-0.1, -0.05) is 79.4 Å². The highest BCUT2D eigenvalue weighted by Crippen LogP contribution is 2.60. The quantitative estimate of drug-likeness (QED) is 0.400. The standard InChI is InChI=1S/C23H23O4P/c1-19(22-13-15-23(25-2)16-14-22)28(24,26-17-20-9-5-3-6-10-20)27-18-21-11-7-4-8-12-21/h3-16H,1,17-18H2,2H3. The van der Waals surface area contributed by atoms with Crippen LogP contribution in [0.25, 0.3) is 5.31 Å². The Morgan fingerprint density at radius 3 is 1.68 bits per heavy atom. The molecule has 0 unspecified atom stereocenters. The van der Waals surface area contributed by atoms with E-state index in [1.165, 1.54) is 0 Å². The average Bonchev–Trinajstić information content (AvgIpc) is 2.77. The maximum Gasteiger partial charge on any atom is 0.361 e. The van der Waals surface area contributed by atoms with Gasteiger partial charge in [-0.15, -0.1) is 0 Å². The van der Waals surface area contributed by atoms with Crippen molar-refractivity contribution in [3.05, 3.63) is 108 Å². The fourth-order valence-corrected chi connectivity index (χ4v) is 4.09. The van der Waals surface area contributed by atoms with E-state index in [-0.39, 0.29) is 13.2 Å². The second kappa shape index (κ2) is 9.52. The van der Waals surface area contributed by atoms with Crippen LogP contribution in [0.3, 0.4) is 0 Å². The van der Waals surface area contributed by atoms with Crippen molar-refractivity contribution in [3.63, 3.8) is 0 Å². The van der Waals surface area contributed by atoms with Crippen molar-refractivity contribution in [2.45, 2.75) is 13.2 Å². The van der Waals surface area contributed by atoms with Gasteiger partial charge < -0.3 is 13.8 Å². The summed E-state index contributed by atoms with van der Waals surface area (Å²) in [6.07, 6.45) is 0. The topological polar surface area (TPSA) is 44.8 Å². The molecule has 0 saturated carbocycles. The summed E-state index contributed by atoms with van der Waals surface area (Å²) < 4.78 is 30.4. The van der Waals surface area contributed by atoms with Gasteiger partial charge in [-0.25, -0.2) is 0 Å². The van der Waals surface area contributed by atoms with Crippen LogP contribution in [0.2, 0.25) is 0 Å². The summed E-state index contributed by atoms with van der Waals surface area (Å²) in [7, 11) is -2.02. The van der Waals surface area contributed by atoms with Gasteiger partial charge in [0.15, 0.2) is 0 Å². The number of hydrogen-bond donors (Lipinski definition) is 0. The van der Waals surface area contributed by atoms with Crippen molar-refractivity contribution >= 4 is 12.9 Å². The van der Waals surface area contributed by atoms with Gasteiger partial charge in [0.05, 0.1) is 25.6 Å². The lowest BCUT2D eigenvalue weighted by atomic mass is 10.2. The molecular weight excluding hydrogens is 371 g/mol. The normalized spacial score (nSPS) is 11.2. The Bertz CT molecular complexity index is 890. The maximum atomic E-state index is 13.6. The number of benzene rings is 3. The van der Waals surface area contributed by atoms with Crippen LogP contribution in [0.1, 0.15) is 16.7 Å². The zero-order valence-electron chi connectivity index (χ0n) is 15.8. The molecule has 0 N–H and O–H groups in total. The predicted molar refractivity (Wildman–Crippen MR) is 112 cm³/mol. The lowest BCUT2D eigenvalue weighted by Crippen LogP contribution is -2.00. The van der Waals surface area contributed by atoms with Crippen LogP contribution in [-0.4, -0.2) is 7.11 Å². The van der Waals surface area contributed by atoms with Crippen molar-refractivity contribution in [1.82, 2.24) is 0 Å². The van der Waals surface area contributed by atoms with E-state index >= 15 is 0 Å². The molecule has 0 aliphatic heterocycles. The van der Waals surface area contributed by atoms with E-state index in [2.05, 4.69) is 6.58 Å². The molecule has 3 rings (SSSR count). The average molecular weight is 394 g/mol. The Morgan fingerprint density at radius 1 is 0.786 bits per heavy atom. The van der Waals surface area contributed by atoms with Gasteiger partial charge in [0.2, 0.25) is 0 Å². The Balaban J connectivity index is 1.81. The molecule has 5 heteroatoms. The summed E-state index contributed by atoms with van der Waals surface area (Å²) in [5, 5.41) is 0.321. The van der Waals surface area contributed by atoms with Crippen molar-refractivity contribution in [1.29, 1.82) is 0 Å². The highest BCUT2D eigenvalue weighted by atomic mass is 31.2. The van der Waals surface area contributed by atoms with Crippen LogP contribution in [0.15, 0.2) is 91.5 Å². The highest BCUT2D eigenvalue weighted by Gasteiger charge is 2.30. The molecule has 3 aromatic carbocycles. The second-order valence-corrected chi connectivity index (χ2v) is 8.24. The number of ether oxygens (including phenoxy) is 1. The number of methoxy groups -OCH3 is 1. The molecule has 144 valence electrons. The van der Waals surface area contributed by atoms with Gasteiger partial charge in [-0.3, -0.25) is 4.57 Å². The minimum Gasteiger partial charge on any atom is -0.497 e. The molecule has 0 aromatic heterocycles. The molecule has 0 saturated heterocycles. The van der Waals surface area contributed by atoms with Crippen molar-refractivity contribution in [2.24, 2.45) is 0 Å². The van der Waals surface area contributed by atoms with E-state index in [4.69, 9.17) is 13.8 Å². The molecule has 0 heterocycles. The van der Waals surface area contributed by atoms with E-state index in [0.29, 0.717) is 16.6 Å². The molecule has 0 atom stereocenters. The predicted octanol–water partition coefficient (Wildman–Crippen LogP) is 6.29. The van der Waals surface area contributed by atoms with Crippen LogP contribution in [0.5, 0.6) is 5.75 Å². The minimum atomic E-state index is -3.62. The summed E-state index contributed by atoms with van der Waals surface area (Å²) >= 11 is 0. The van der Waals surface area contributed by atoms with E-state index in [1.807, 2.05) is 60.7 Å². The molecule has 0 amide bonds. The van der Waals surface area contributed by atoms with Crippen LogP contribution >= 0.6 is 7.60 Å². The summed E-state index contributed by atoms with van der Waals surface area (Å²) in [6.45, 7) is 4.36. The first-order chi connectivity index (χ1) is 13.6. The van der Waals surface area contributed by atoms with Crippen LogP contribution < -0.4 is 4.74 Å². The Morgan fingerprint density at radius 2 is 1.25 bits per heavy atom. The Labute approximate surface area is 165 Å². The van der Waals surface area contributed by atoms with Crippen LogP contribution in [0, 0.1) is 0 Å². The van der Waals surface area contributed by atoms with Gasteiger partial charge in [0.25, 0.3) is 0 Å². The molecule has 28 heavy (non-hydrogen) atoms. The molecule has 3 aromatic rings. The summed E-state index contributed by atoms with van der Waals surface area (Å²) in [5.41, 5.74) is 2.51.